The highest BCUT2D eigenvalue weighted by atomic mass is 32.2. The molecule has 25 heavy (non-hydrogen) atoms. The van der Waals surface area contributed by atoms with E-state index in [0.717, 1.165) is 9.87 Å². The number of rotatable bonds is 6. The Balaban J connectivity index is 2.66. The molecule has 3 N–H and O–H groups in total. The molecule has 0 aromatic heterocycles. The van der Waals surface area contributed by atoms with Gasteiger partial charge in [0, 0.05) is 6.07 Å². The van der Waals surface area contributed by atoms with Gasteiger partial charge in [-0.05, 0) is 37.6 Å². The van der Waals surface area contributed by atoms with Gasteiger partial charge in [0.1, 0.15) is 5.69 Å². The van der Waals surface area contributed by atoms with Crippen LogP contribution in [0.3, 0.4) is 0 Å². The van der Waals surface area contributed by atoms with Gasteiger partial charge in [-0.3, -0.25) is 14.4 Å². The van der Waals surface area contributed by atoms with Crippen LogP contribution in [0.25, 0.3) is 0 Å². The summed E-state index contributed by atoms with van der Waals surface area (Å²) >= 11 is 0. The van der Waals surface area contributed by atoms with Crippen LogP contribution in [0.15, 0.2) is 41.3 Å². The summed E-state index contributed by atoms with van der Waals surface area (Å²) in [6, 6.07) is 8.89. The smallest absolute Gasteiger partial charge is 0.294 e. The van der Waals surface area contributed by atoms with E-state index in [1.54, 1.807) is 19.1 Å². The number of sulfonamides is 1. The molecular formula is C16H19N3O5S. The standard InChI is InChI=1S/C16H19N3O5S/c1-11-3-5-13(6-4-11)25(23,24)18(7-8-20)14-9-12(2)10-15(16(14)17)19(21)22/h3-6,9-10,20H,7-8,17H2,1-2H3. The lowest BCUT2D eigenvalue weighted by atomic mass is 10.1. The molecule has 2 aromatic carbocycles. The normalized spacial score (nSPS) is 11.3. The number of hydrogen-bond donors (Lipinski definition) is 2. The molecule has 8 nitrogen and oxygen atoms in total. The van der Waals surface area contributed by atoms with E-state index in [2.05, 4.69) is 0 Å². The molecule has 0 aliphatic rings. The van der Waals surface area contributed by atoms with Crippen LogP contribution >= 0.6 is 0 Å². The van der Waals surface area contributed by atoms with E-state index in [1.807, 2.05) is 6.92 Å². The van der Waals surface area contributed by atoms with Crippen molar-refractivity contribution in [1.29, 1.82) is 0 Å². The van der Waals surface area contributed by atoms with Gasteiger partial charge in [0.05, 0.1) is 28.7 Å². The van der Waals surface area contributed by atoms with Crippen LogP contribution in [-0.2, 0) is 10.0 Å². The summed E-state index contributed by atoms with van der Waals surface area (Å²) in [7, 11) is -4.04. The maximum Gasteiger partial charge on any atom is 0.294 e. The Morgan fingerprint density at radius 3 is 2.28 bits per heavy atom. The van der Waals surface area contributed by atoms with Crippen LogP contribution in [0.2, 0.25) is 0 Å². The molecule has 2 rings (SSSR count). The third kappa shape index (κ3) is 3.72. The Bertz CT molecular complexity index is 895. The van der Waals surface area contributed by atoms with E-state index in [-0.39, 0.29) is 28.5 Å². The zero-order valence-electron chi connectivity index (χ0n) is 13.8. The Morgan fingerprint density at radius 1 is 1.16 bits per heavy atom. The van der Waals surface area contributed by atoms with Crippen LogP contribution in [0, 0.1) is 24.0 Å². The summed E-state index contributed by atoms with van der Waals surface area (Å²) in [6.45, 7) is 2.68. The molecule has 0 atom stereocenters. The van der Waals surface area contributed by atoms with Crippen molar-refractivity contribution in [3.8, 4) is 0 Å². The topological polar surface area (TPSA) is 127 Å². The Labute approximate surface area is 145 Å². The molecule has 0 aliphatic carbocycles. The number of nitrogen functional groups attached to an aromatic ring is 1. The first kappa shape index (κ1) is 18.7. The monoisotopic (exact) mass is 365 g/mol. The first-order valence-electron chi connectivity index (χ1n) is 7.43. The lowest BCUT2D eigenvalue weighted by molar-refractivity contribution is -0.383. The number of nitrogens with two attached hydrogens (primary N) is 1. The highest BCUT2D eigenvalue weighted by Crippen LogP contribution is 2.36. The molecule has 9 heteroatoms. The summed E-state index contributed by atoms with van der Waals surface area (Å²) in [5, 5.41) is 20.5. The zero-order valence-corrected chi connectivity index (χ0v) is 14.7. The van der Waals surface area contributed by atoms with Crippen LogP contribution in [0.1, 0.15) is 11.1 Å². The Hall–Kier alpha value is -2.65. The molecule has 0 spiro atoms. The van der Waals surface area contributed by atoms with Gasteiger partial charge in [-0.1, -0.05) is 17.7 Å². The van der Waals surface area contributed by atoms with Gasteiger partial charge in [-0.15, -0.1) is 0 Å². The summed E-state index contributed by atoms with van der Waals surface area (Å²) in [6.07, 6.45) is 0. The predicted octanol–water partition coefficient (Wildman–Crippen LogP) is 1.98. The lowest BCUT2D eigenvalue weighted by Crippen LogP contribution is -2.34. The van der Waals surface area contributed by atoms with E-state index in [4.69, 9.17) is 5.73 Å². The highest BCUT2D eigenvalue weighted by Gasteiger charge is 2.29. The SMILES string of the molecule is Cc1ccc(S(=O)(=O)N(CCO)c2cc(C)cc([N+](=O)[O-])c2N)cc1. The second-order valence-electron chi connectivity index (χ2n) is 5.59. The van der Waals surface area contributed by atoms with Gasteiger partial charge >= 0.3 is 0 Å². The number of nitro groups is 1. The van der Waals surface area contributed by atoms with Crippen LogP contribution in [0.5, 0.6) is 0 Å². The average Bonchev–Trinajstić information content (AvgIpc) is 2.54. The second kappa shape index (κ2) is 7.08. The molecule has 0 amide bonds. The van der Waals surface area contributed by atoms with Crippen molar-refractivity contribution in [2.45, 2.75) is 18.7 Å². The highest BCUT2D eigenvalue weighted by molar-refractivity contribution is 7.92. The second-order valence-corrected chi connectivity index (χ2v) is 7.45. The van der Waals surface area contributed by atoms with Crippen molar-refractivity contribution in [3.63, 3.8) is 0 Å². The number of anilines is 2. The molecule has 0 radical (unpaired) electrons. The molecule has 0 fully saturated rings. The minimum Gasteiger partial charge on any atom is -0.394 e. The van der Waals surface area contributed by atoms with Crippen LogP contribution < -0.4 is 10.0 Å². The van der Waals surface area contributed by atoms with Gasteiger partial charge in [0.15, 0.2) is 0 Å². The van der Waals surface area contributed by atoms with Crippen molar-refractivity contribution in [3.05, 3.63) is 57.6 Å². The maximum absolute atomic E-state index is 13.0. The molecule has 0 saturated heterocycles. The van der Waals surface area contributed by atoms with E-state index in [1.165, 1.54) is 24.3 Å². The number of benzene rings is 2. The van der Waals surface area contributed by atoms with E-state index >= 15 is 0 Å². The van der Waals surface area contributed by atoms with Gasteiger partial charge in [0.25, 0.3) is 15.7 Å². The quantitative estimate of drug-likeness (QED) is 0.458. The number of aliphatic hydroxyl groups excluding tert-OH is 1. The summed E-state index contributed by atoms with van der Waals surface area (Å²) in [5.41, 5.74) is 6.56. The first-order valence-corrected chi connectivity index (χ1v) is 8.87. The van der Waals surface area contributed by atoms with Crippen LogP contribution in [0.4, 0.5) is 17.1 Å². The Morgan fingerprint density at radius 2 is 1.76 bits per heavy atom. The zero-order chi connectivity index (χ0) is 18.8. The van der Waals surface area contributed by atoms with E-state index in [9.17, 15) is 23.6 Å². The molecule has 2 aromatic rings. The Kier molecular flexibility index (Phi) is 5.29. The predicted molar refractivity (Wildman–Crippen MR) is 95.0 cm³/mol. The average molecular weight is 365 g/mol. The molecule has 0 heterocycles. The molecule has 0 aliphatic heterocycles. The van der Waals surface area contributed by atoms with Gasteiger partial charge in [-0.2, -0.15) is 0 Å². The summed E-state index contributed by atoms with van der Waals surface area (Å²) in [4.78, 5) is 10.5. The minimum absolute atomic E-state index is 0.00936. The number of nitrogens with zero attached hydrogens (tertiary/aromatic N) is 2. The molecule has 134 valence electrons. The van der Waals surface area contributed by atoms with Crippen molar-refractivity contribution >= 4 is 27.1 Å². The minimum atomic E-state index is -4.04. The molecular weight excluding hydrogens is 346 g/mol. The lowest BCUT2D eigenvalue weighted by Gasteiger charge is -2.25. The first-order chi connectivity index (χ1) is 11.7. The summed E-state index contributed by atoms with van der Waals surface area (Å²) < 4.78 is 26.8. The number of nitro benzene ring substituents is 1. The van der Waals surface area contributed by atoms with Crippen molar-refractivity contribution in [1.82, 2.24) is 0 Å². The third-order valence-electron chi connectivity index (χ3n) is 3.66. The van der Waals surface area contributed by atoms with Crippen molar-refractivity contribution in [2.75, 3.05) is 23.2 Å². The molecule has 0 bridgehead atoms. The van der Waals surface area contributed by atoms with E-state index < -0.39 is 21.6 Å². The molecule has 0 saturated carbocycles. The van der Waals surface area contributed by atoms with Gasteiger partial charge < -0.3 is 10.8 Å². The number of aliphatic hydroxyl groups is 1. The van der Waals surface area contributed by atoms with Gasteiger partial charge in [-0.25, -0.2) is 8.42 Å². The maximum atomic E-state index is 13.0. The largest absolute Gasteiger partial charge is 0.394 e. The molecule has 0 unspecified atom stereocenters. The summed E-state index contributed by atoms with van der Waals surface area (Å²) in [5.74, 6) is 0. The number of aryl methyl sites for hydroxylation is 2. The van der Waals surface area contributed by atoms with Crippen molar-refractivity contribution < 1.29 is 18.4 Å². The number of hydrogen-bond acceptors (Lipinski definition) is 6. The fourth-order valence-corrected chi connectivity index (χ4v) is 3.88. The van der Waals surface area contributed by atoms with E-state index in [0.29, 0.717) is 5.56 Å². The fraction of sp³-hybridized carbons (Fsp3) is 0.250. The third-order valence-corrected chi connectivity index (χ3v) is 5.49. The van der Waals surface area contributed by atoms with Crippen LogP contribution in [-0.4, -0.2) is 31.6 Å². The van der Waals surface area contributed by atoms with Crippen molar-refractivity contribution in [2.24, 2.45) is 0 Å². The van der Waals surface area contributed by atoms with Gasteiger partial charge in [0.2, 0.25) is 0 Å². The fourth-order valence-electron chi connectivity index (χ4n) is 2.42.